The zero-order valence-electron chi connectivity index (χ0n) is 9.75. The van der Waals surface area contributed by atoms with E-state index >= 15 is 0 Å². The summed E-state index contributed by atoms with van der Waals surface area (Å²) in [4.78, 5) is 1.52. The molecule has 0 spiro atoms. The van der Waals surface area contributed by atoms with Crippen molar-refractivity contribution in [3.63, 3.8) is 0 Å². The van der Waals surface area contributed by atoms with Crippen LogP contribution in [0.4, 0.5) is 13.2 Å². The van der Waals surface area contributed by atoms with Crippen LogP contribution in [-0.2, 0) is 4.74 Å². The highest BCUT2D eigenvalue weighted by Gasteiger charge is 2.47. The van der Waals surface area contributed by atoms with Crippen LogP contribution in [0.25, 0.3) is 0 Å². The van der Waals surface area contributed by atoms with Crippen LogP contribution in [-0.4, -0.2) is 49.0 Å². The minimum Gasteiger partial charge on any atom is -0.375 e. The maximum Gasteiger partial charge on any atom is 0.405 e. The number of nitrogens with two attached hydrogens (primary N) is 1. The van der Waals surface area contributed by atoms with E-state index < -0.39 is 12.2 Å². The first kappa shape index (κ1) is 13.1. The van der Waals surface area contributed by atoms with Crippen LogP contribution < -0.4 is 5.73 Å². The second-order valence-corrected chi connectivity index (χ2v) is 4.79. The number of halogens is 3. The van der Waals surface area contributed by atoms with Gasteiger partial charge in [0.15, 0.2) is 0 Å². The first-order valence-corrected chi connectivity index (χ1v) is 6.18. The zero-order chi connectivity index (χ0) is 12.5. The van der Waals surface area contributed by atoms with Gasteiger partial charge < -0.3 is 10.5 Å². The van der Waals surface area contributed by atoms with E-state index in [1.54, 1.807) is 0 Å². The molecule has 6 heteroatoms. The van der Waals surface area contributed by atoms with E-state index in [0.29, 0.717) is 13.2 Å². The maximum atomic E-state index is 12.9. The molecule has 2 rings (SSSR count). The Morgan fingerprint density at radius 2 is 2.00 bits per heavy atom. The van der Waals surface area contributed by atoms with Crippen molar-refractivity contribution in [3.05, 3.63) is 0 Å². The van der Waals surface area contributed by atoms with E-state index in [-0.39, 0.29) is 18.7 Å². The summed E-state index contributed by atoms with van der Waals surface area (Å²) >= 11 is 0. The number of rotatable bonds is 2. The maximum absolute atomic E-state index is 12.9. The van der Waals surface area contributed by atoms with Crippen LogP contribution in [0.15, 0.2) is 0 Å². The minimum atomic E-state index is -4.24. The summed E-state index contributed by atoms with van der Waals surface area (Å²) in [6.45, 7) is 0.350. The summed E-state index contributed by atoms with van der Waals surface area (Å²) in [6.07, 6.45) is -0.583. The van der Waals surface area contributed by atoms with Crippen molar-refractivity contribution in [2.75, 3.05) is 19.7 Å². The van der Waals surface area contributed by atoms with Gasteiger partial charge in [0, 0.05) is 19.1 Å². The lowest BCUT2D eigenvalue weighted by Gasteiger charge is -2.47. The van der Waals surface area contributed by atoms with Crippen LogP contribution in [0.2, 0.25) is 0 Å². The molecular weight excluding hydrogens is 233 g/mol. The number of alkyl halides is 3. The number of hydrogen-bond donors (Lipinski definition) is 1. The molecule has 3 nitrogen and oxygen atoms in total. The van der Waals surface area contributed by atoms with Crippen molar-refractivity contribution in [1.82, 2.24) is 4.90 Å². The van der Waals surface area contributed by atoms with E-state index in [4.69, 9.17) is 10.5 Å². The van der Waals surface area contributed by atoms with Gasteiger partial charge in [0.25, 0.3) is 0 Å². The lowest BCUT2D eigenvalue weighted by Crippen LogP contribution is -2.61. The SMILES string of the molecule is NCC(N1CCOC2CCCCC21)C(F)(F)F. The number of hydrogen-bond acceptors (Lipinski definition) is 3. The summed E-state index contributed by atoms with van der Waals surface area (Å²) < 4.78 is 44.3. The Balaban J connectivity index is 2.12. The van der Waals surface area contributed by atoms with E-state index in [1.165, 1.54) is 4.90 Å². The lowest BCUT2D eigenvalue weighted by atomic mass is 9.89. The molecule has 0 aromatic carbocycles. The number of morpholine rings is 1. The molecule has 100 valence electrons. The van der Waals surface area contributed by atoms with Crippen molar-refractivity contribution in [2.24, 2.45) is 5.73 Å². The average molecular weight is 252 g/mol. The van der Waals surface area contributed by atoms with E-state index in [9.17, 15) is 13.2 Å². The van der Waals surface area contributed by atoms with Crippen molar-refractivity contribution in [3.8, 4) is 0 Å². The van der Waals surface area contributed by atoms with Gasteiger partial charge in [-0.2, -0.15) is 13.2 Å². The van der Waals surface area contributed by atoms with E-state index in [2.05, 4.69) is 0 Å². The van der Waals surface area contributed by atoms with Crippen molar-refractivity contribution >= 4 is 0 Å². The third-order valence-corrected chi connectivity index (χ3v) is 3.78. The molecule has 1 heterocycles. The summed E-state index contributed by atoms with van der Waals surface area (Å²) in [7, 11) is 0. The molecule has 2 N–H and O–H groups in total. The van der Waals surface area contributed by atoms with Gasteiger partial charge in [-0.15, -0.1) is 0 Å². The molecule has 3 unspecified atom stereocenters. The van der Waals surface area contributed by atoms with Gasteiger partial charge in [-0.25, -0.2) is 0 Å². The number of ether oxygens (including phenoxy) is 1. The van der Waals surface area contributed by atoms with Crippen LogP contribution in [0, 0.1) is 0 Å². The standard InChI is InChI=1S/C11H19F3N2O/c12-11(13,14)10(7-15)16-5-6-17-9-4-2-1-3-8(9)16/h8-10H,1-7,15H2. The lowest BCUT2D eigenvalue weighted by molar-refractivity contribution is -0.210. The van der Waals surface area contributed by atoms with E-state index in [1.807, 2.05) is 0 Å². The van der Waals surface area contributed by atoms with Gasteiger partial charge in [0.2, 0.25) is 0 Å². The van der Waals surface area contributed by atoms with Gasteiger partial charge in [0.1, 0.15) is 6.04 Å². The second-order valence-electron chi connectivity index (χ2n) is 4.79. The second kappa shape index (κ2) is 5.12. The first-order valence-electron chi connectivity index (χ1n) is 6.18. The molecule has 17 heavy (non-hydrogen) atoms. The highest BCUT2D eigenvalue weighted by atomic mass is 19.4. The molecule has 0 aromatic rings. The molecule has 1 aliphatic carbocycles. The van der Waals surface area contributed by atoms with Crippen molar-refractivity contribution in [1.29, 1.82) is 0 Å². The average Bonchev–Trinajstić information content (AvgIpc) is 2.28. The highest BCUT2D eigenvalue weighted by molar-refractivity contribution is 4.93. The predicted molar refractivity (Wildman–Crippen MR) is 57.6 cm³/mol. The fourth-order valence-corrected chi connectivity index (χ4v) is 2.97. The number of nitrogens with zero attached hydrogens (tertiary/aromatic N) is 1. The highest BCUT2D eigenvalue weighted by Crippen LogP contribution is 2.34. The van der Waals surface area contributed by atoms with Gasteiger partial charge in [-0.3, -0.25) is 4.90 Å². The molecule has 3 atom stereocenters. The topological polar surface area (TPSA) is 38.5 Å². The summed E-state index contributed by atoms with van der Waals surface area (Å²) in [6, 6.07) is -1.62. The molecule has 1 saturated carbocycles. The van der Waals surface area contributed by atoms with Crippen LogP contribution in [0.3, 0.4) is 0 Å². The minimum absolute atomic E-state index is 0.0334. The summed E-state index contributed by atoms with van der Waals surface area (Å²) in [5.41, 5.74) is 5.31. The quantitative estimate of drug-likeness (QED) is 0.809. The molecular formula is C11H19F3N2O. The molecule has 0 aromatic heterocycles. The summed E-state index contributed by atoms with van der Waals surface area (Å²) in [5.74, 6) is 0. The van der Waals surface area contributed by atoms with Crippen LogP contribution in [0.5, 0.6) is 0 Å². The monoisotopic (exact) mass is 252 g/mol. The molecule has 2 fully saturated rings. The largest absolute Gasteiger partial charge is 0.405 e. The van der Waals surface area contributed by atoms with Crippen molar-refractivity contribution < 1.29 is 17.9 Å². The Hall–Kier alpha value is -0.330. The van der Waals surface area contributed by atoms with Gasteiger partial charge in [0.05, 0.1) is 12.7 Å². The Kier molecular flexibility index (Phi) is 3.95. The molecule has 0 bridgehead atoms. The molecule has 1 saturated heterocycles. The Labute approximate surface area is 99.1 Å². The molecule has 2 aliphatic rings. The van der Waals surface area contributed by atoms with Crippen LogP contribution in [0.1, 0.15) is 25.7 Å². The Morgan fingerprint density at radius 3 is 2.65 bits per heavy atom. The fraction of sp³-hybridized carbons (Fsp3) is 1.00. The van der Waals surface area contributed by atoms with Crippen molar-refractivity contribution in [2.45, 2.75) is 50.0 Å². The van der Waals surface area contributed by atoms with Gasteiger partial charge in [-0.05, 0) is 12.8 Å². The molecule has 1 aliphatic heterocycles. The van der Waals surface area contributed by atoms with Gasteiger partial charge in [-0.1, -0.05) is 12.8 Å². The van der Waals surface area contributed by atoms with Gasteiger partial charge >= 0.3 is 6.18 Å². The number of fused-ring (bicyclic) bond motifs is 1. The molecule has 0 amide bonds. The Morgan fingerprint density at radius 1 is 1.29 bits per heavy atom. The Bertz CT molecular complexity index is 258. The van der Waals surface area contributed by atoms with Crippen LogP contribution >= 0.6 is 0 Å². The third kappa shape index (κ3) is 2.74. The normalized spacial score (nSPS) is 33.2. The predicted octanol–water partition coefficient (Wildman–Crippen LogP) is 1.52. The zero-order valence-corrected chi connectivity index (χ0v) is 9.75. The smallest absolute Gasteiger partial charge is 0.375 e. The molecule has 0 radical (unpaired) electrons. The fourth-order valence-electron chi connectivity index (χ4n) is 2.97. The first-order chi connectivity index (χ1) is 8.04. The third-order valence-electron chi connectivity index (χ3n) is 3.78. The van der Waals surface area contributed by atoms with E-state index in [0.717, 1.165) is 25.7 Å². The summed E-state index contributed by atoms with van der Waals surface area (Å²) in [5, 5.41) is 0.